The zero-order valence-corrected chi connectivity index (χ0v) is 14.9. The van der Waals surface area contributed by atoms with Gasteiger partial charge in [-0.25, -0.2) is 9.18 Å². The number of carbonyl (C=O) groups excluding carboxylic acids is 2. The lowest BCUT2D eigenvalue weighted by Gasteiger charge is -2.31. The third-order valence-electron chi connectivity index (χ3n) is 4.51. The summed E-state index contributed by atoms with van der Waals surface area (Å²) in [6.45, 7) is 0.387. The van der Waals surface area contributed by atoms with E-state index in [1.807, 2.05) is 0 Å². The van der Waals surface area contributed by atoms with Gasteiger partial charge in [0.05, 0.1) is 25.2 Å². The summed E-state index contributed by atoms with van der Waals surface area (Å²) in [6.07, 6.45) is 4.78. The van der Waals surface area contributed by atoms with Gasteiger partial charge in [-0.15, -0.1) is 0 Å². The van der Waals surface area contributed by atoms with E-state index in [2.05, 4.69) is 16.0 Å². The Hall–Kier alpha value is -2.45. The van der Waals surface area contributed by atoms with E-state index in [0.717, 1.165) is 12.8 Å². The van der Waals surface area contributed by atoms with E-state index >= 15 is 0 Å². The molecule has 1 aromatic carbocycles. The zero-order chi connectivity index (χ0) is 19.2. The van der Waals surface area contributed by atoms with Crippen molar-refractivity contribution in [1.82, 2.24) is 10.6 Å². The minimum Gasteiger partial charge on any atom is -0.394 e. The summed E-state index contributed by atoms with van der Waals surface area (Å²) in [5.41, 5.74) is 0.318. The number of halogens is 1. The first-order valence-electron chi connectivity index (χ1n) is 9.08. The molecular weight excluding hydrogens is 353 g/mol. The predicted molar refractivity (Wildman–Crippen MR) is 97.6 cm³/mol. The average molecular weight is 377 g/mol. The summed E-state index contributed by atoms with van der Waals surface area (Å²) < 4.78 is 18.9. The fourth-order valence-electron chi connectivity index (χ4n) is 2.86. The minimum atomic E-state index is -0.672. The molecule has 0 saturated heterocycles. The van der Waals surface area contributed by atoms with Gasteiger partial charge in [-0.1, -0.05) is 18.2 Å². The SMILES string of the molecule is O=C(C[C@@H]1C=C[C@H](NC(=O)Nc2cccc(F)c2)[C@H](CO)O1)NCC1CC1. The smallest absolute Gasteiger partial charge is 0.319 e. The molecule has 3 rings (SSSR count). The van der Waals surface area contributed by atoms with E-state index in [0.29, 0.717) is 18.2 Å². The Balaban J connectivity index is 1.49. The van der Waals surface area contributed by atoms with Crippen molar-refractivity contribution in [3.8, 4) is 0 Å². The number of amides is 3. The van der Waals surface area contributed by atoms with E-state index in [1.165, 1.54) is 18.2 Å². The lowest BCUT2D eigenvalue weighted by atomic mass is 10.0. The number of hydrogen-bond acceptors (Lipinski definition) is 4. The van der Waals surface area contributed by atoms with Crippen LogP contribution in [0.2, 0.25) is 0 Å². The van der Waals surface area contributed by atoms with Crippen molar-refractivity contribution >= 4 is 17.6 Å². The van der Waals surface area contributed by atoms with Gasteiger partial charge in [-0.05, 0) is 37.0 Å². The van der Waals surface area contributed by atoms with E-state index in [1.54, 1.807) is 18.2 Å². The second-order valence-electron chi connectivity index (χ2n) is 6.87. The van der Waals surface area contributed by atoms with Gasteiger partial charge >= 0.3 is 6.03 Å². The first-order valence-corrected chi connectivity index (χ1v) is 9.08. The van der Waals surface area contributed by atoms with Crippen molar-refractivity contribution in [3.05, 3.63) is 42.2 Å². The number of carbonyl (C=O) groups is 2. The van der Waals surface area contributed by atoms with Gasteiger partial charge in [0.15, 0.2) is 0 Å². The second kappa shape index (κ2) is 8.96. The Morgan fingerprint density at radius 1 is 1.26 bits per heavy atom. The highest BCUT2D eigenvalue weighted by molar-refractivity contribution is 5.89. The predicted octanol–water partition coefficient (Wildman–Crippen LogP) is 1.55. The van der Waals surface area contributed by atoms with Gasteiger partial charge < -0.3 is 25.8 Å². The van der Waals surface area contributed by atoms with Crippen molar-refractivity contribution in [2.75, 3.05) is 18.5 Å². The summed E-state index contributed by atoms with van der Waals surface area (Å²) in [5, 5.41) is 17.6. The zero-order valence-electron chi connectivity index (χ0n) is 14.9. The number of aliphatic hydroxyl groups excluding tert-OH is 1. The van der Waals surface area contributed by atoms with Crippen molar-refractivity contribution < 1.29 is 23.8 Å². The van der Waals surface area contributed by atoms with Crippen LogP contribution < -0.4 is 16.0 Å². The quantitative estimate of drug-likeness (QED) is 0.542. The number of ether oxygens (including phenoxy) is 1. The van der Waals surface area contributed by atoms with Gasteiger partial charge in [0.1, 0.15) is 11.9 Å². The Morgan fingerprint density at radius 2 is 2.07 bits per heavy atom. The first kappa shape index (κ1) is 19.3. The molecule has 1 aliphatic heterocycles. The lowest BCUT2D eigenvalue weighted by molar-refractivity contribution is -0.125. The van der Waals surface area contributed by atoms with Gasteiger partial charge in [-0.2, -0.15) is 0 Å². The molecule has 1 aliphatic carbocycles. The fourth-order valence-corrected chi connectivity index (χ4v) is 2.86. The first-order chi connectivity index (χ1) is 13.0. The molecule has 1 aromatic rings. The molecule has 3 amide bonds. The number of rotatable bonds is 7. The molecule has 3 atom stereocenters. The Kier molecular flexibility index (Phi) is 6.41. The Labute approximate surface area is 157 Å². The fraction of sp³-hybridized carbons (Fsp3) is 0.474. The highest BCUT2D eigenvalue weighted by atomic mass is 19.1. The highest BCUT2D eigenvalue weighted by Crippen LogP contribution is 2.27. The molecule has 4 N–H and O–H groups in total. The van der Waals surface area contributed by atoms with Crippen LogP contribution in [0.25, 0.3) is 0 Å². The number of urea groups is 1. The summed E-state index contributed by atoms with van der Waals surface area (Å²) in [4.78, 5) is 24.0. The van der Waals surface area contributed by atoms with Crippen LogP contribution in [0.3, 0.4) is 0 Å². The van der Waals surface area contributed by atoms with Crippen LogP contribution in [-0.4, -0.2) is 48.4 Å². The Bertz CT molecular complexity index is 708. The van der Waals surface area contributed by atoms with Gasteiger partial charge in [0, 0.05) is 12.2 Å². The van der Waals surface area contributed by atoms with Crippen LogP contribution in [0.4, 0.5) is 14.9 Å². The number of nitrogens with one attached hydrogen (secondary N) is 3. The molecule has 1 saturated carbocycles. The number of aliphatic hydroxyl groups is 1. The minimum absolute atomic E-state index is 0.0940. The van der Waals surface area contributed by atoms with E-state index < -0.39 is 30.1 Å². The van der Waals surface area contributed by atoms with Crippen LogP contribution in [-0.2, 0) is 9.53 Å². The Morgan fingerprint density at radius 3 is 2.78 bits per heavy atom. The molecule has 7 nitrogen and oxygen atoms in total. The summed E-state index contributed by atoms with van der Waals surface area (Å²) in [6, 6.07) is 4.43. The third kappa shape index (κ3) is 6.04. The number of anilines is 1. The molecule has 0 aromatic heterocycles. The van der Waals surface area contributed by atoms with Crippen LogP contribution in [0, 0.1) is 11.7 Å². The maximum Gasteiger partial charge on any atom is 0.319 e. The molecule has 8 heteroatoms. The molecule has 27 heavy (non-hydrogen) atoms. The molecule has 2 aliphatic rings. The van der Waals surface area contributed by atoms with E-state index in [4.69, 9.17) is 4.74 Å². The molecular formula is C19H24FN3O4. The molecule has 0 bridgehead atoms. The third-order valence-corrected chi connectivity index (χ3v) is 4.51. The van der Waals surface area contributed by atoms with Gasteiger partial charge in [0.2, 0.25) is 5.91 Å². The lowest BCUT2D eigenvalue weighted by Crippen LogP contribution is -2.50. The second-order valence-corrected chi connectivity index (χ2v) is 6.87. The molecule has 0 spiro atoms. The monoisotopic (exact) mass is 377 g/mol. The topological polar surface area (TPSA) is 99.7 Å². The van der Waals surface area contributed by atoms with Crippen molar-refractivity contribution in [3.63, 3.8) is 0 Å². The van der Waals surface area contributed by atoms with E-state index in [9.17, 15) is 19.1 Å². The average Bonchev–Trinajstić information content (AvgIpc) is 3.45. The van der Waals surface area contributed by atoms with Crippen LogP contribution in [0.15, 0.2) is 36.4 Å². The normalized spacial score (nSPS) is 24.3. The van der Waals surface area contributed by atoms with Crippen LogP contribution in [0.5, 0.6) is 0 Å². The molecule has 146 valence electrons. The van der Waals surface area contributed by atoms with Crippen LogP contribution in [0.1, 0.15) is 19.3 Å². The standard InChI is InChI=1S/C19H24FN3O4/c20-13-2-1-3-14(8-13)22-19(26)23-16-7-6-15(27-17(16)11-24)9-18(25)21-10-12-4-5-12/h1-3,6-8,12,15-17,24H,4-5,9-11H2,(H,21,25)(H2,22,23,26)/t15-,16-,17-/m0/s1. The number of hydrogen-bond donors (Lipinski definition) is 4. The molecule has 0 radical (unpaired) electrons. The molecule has 1 fully saturated rings. The van der Waals surface area contributed by atoms with Crippen molar-refractivity contribution in [2.24, 2.45) is 5.92 Å². The maximum absolute atomic E-state index is 13.2. The van der Waals surface area contributed by atoms with Crippen molar-refractivity contribution in [1.29, 1.82) is 0 Å². The summed E-state index contributed by atoms with van der Waals surface area (Å²) >= 11 is 0. The van der Waals surface area contributed by atoms with Gasteiger partial charge in [0.25, 0.3) is 0 Å². The summed E-state index contributed by atoms with van der Waals surface area (Å²) in [5.74, 6) is 0.0559. The maximum atomic E-state index is 13.2. The molecule has 0 unspecified atom stereocenters. The largest absolute Gasteiger partial charge is 0.394 e. The summed E-state index contributed by atoms with van der Waals surface area (Å²) in [7, 11) is 0. The molecule has 1 heterocycles. The van der Waals surface area contributed by atoms with E-state index in [-0.39, 0.29) is 18.9 Å². The highest BCUT2D eigenvalue weighted by Gasteiger charge is 2.29. The van der Waals surface area contributed by atoms with Crippen LogP contribution >= 0.6 is 0 Å². The van der Waals surface area contributed by atoms with Gasteiger partial charge in [-0.3, -0.25) is 4.79 Å². The van der Waals surface area contributed by atoms with Crippen molar-refractivity contribution in [2.45, 2.75) is 37.5 Å². The number of benzene rings is 1.